The van der Waals surface area contributed by atoms with Crippen LogP contribution in [0.3, 0.4) is 0 Å². The number of ketones is 1. The molecular weight excluding hydrogens is 1300 g/mol. The Kier molecular flexibility index (Phi) is 26.4. The highest BCUT2D eigenvalue weighted by Crippen LogP contribution is 2.73. The number of aliphatic hydroxyl groups is 3. The maximum Gasteiger partial charge on any atom is 0.360 e. The fourth-order valence-corrected chi connectivity index (χ4v) is 28.4. The highest BCUT2D eigenvalue weighted by molar-refractivity contribution is 6.78. The Bertz CT molecular complexity index is 2750. The summed E-state index contributed by atoms with van der Waals surface area (Å²) in [5.41, 5.74) is 1.78. The first-order chi connectivity index (χ1) is 47.7. The van der Waals surface area contributed by atoms with Crippen molar-refractivity contribution in [1.29, 1.82) is 0 Å². The number of methoxy groups -OCH3 is 2. The van der Waals surface area contributed by atoms with E-state index in [9.17, 15) is 42.9 Å². The Morgan fingerprint density at radius 2 is 0.814 bits per heavy atom. The Morgan fingerprint density at radius 1 is 0.471 bits per heavy atom. The quantitative estimate of drug-likeness (QED) is 0.108. The summed E-state index contributed by atoms with van der Waals surface area (Å²) in [6, 6.07) is 0. The van der Waals surface area contributed by atoms with Crippen LogP contribution in [0.15, 0.2) is 0 Å². The molecule has 0 aromatic rings. The number of fused-ring (bicyclic) bond motifs is 15. The van der Waals surface area contributed by atoms with E-state index in [0.717, 1.165) is 192 Å². The molecule has 0 spiro atoms. The summed E-state index contributed by atoms with van der Waals surface area (Å²) >= 11 is 0. The van der Waals surface area contributed by atoms with Crippen LogP contribution in [0, 0.1) is 139 Å². The number of rotatable bonds is 15. The lowest BCUT2D eigenvalue weighted by atomic mass is 9.43. The van der Waals surface area contributed by atoms with Crippen LogP contribution in [0.2, 0.25) is 19.6 Å². The molecule has 13 aliphatic carbocycles. The van der Waals surface area contributed by atoms with Crippen molar-refractivity contribution in [2.45, 2.75) is 375 Å². The van der Waals surface area contributed by atoms with Crippen molar-refractivity contribution < 1.29 is 57.1 Å². The number of carbonyl (C=O) groups excluding carboxylic acids is 3. The number of carbonyl (C=O) groups is 3. The molecule has 1 heterocycles. The topological polar surface area (TPSA) is 140 Å². The van der Waals surface area contributed by atoms with Gasteiger partial charge in [-0.1, -0.05) is 94.8 Å². The van der Waals surface area contributed by atoms with Crippen molar-refractivity contribution in [3.63, 3.8) is 0 Å². The monoisotopic (exact) mass is 1450 g/mol. The van der Waals surface area contributed by atoms with Crippen LogP contribution in [-0.2, 0) is 28.6 Å². The van der Waals surface area contributed by atoms with Crippen molar-refractivity contribution in [1.82, 2.24) is 0 Å². The molecule has 26 atom stereocenters. The second kappa shape index (κ2) is 32.4. The summed E-state index contributed by atoms with van der Waals surface area (Å²) in [6.45, 7) is 33.1. The zero-order valence-corrected chi connectivity index (χ0v) is 69.0. The summed E-state index contributed by atoms with van der Waals surface area (Å²) in [7, 11) is 0.127. The molecule has 13 heteroatoms. The molecule has 0 aromatic carbocycles. The standard InChI is InChI=1S/C28H48O2.C27H46O3.C26H42O3.C4H9F3Si.C4H8O/c1-19(6-5-12-28(30)16-17-28)22-9-10-23-21-8-7-20-18-25(2,29)14-15-26(20,3)24(21)11-13-27(22,23)4;1-18(7-6-8-24(28)30-5)21-11-12-22-20-10-9-19-17-25(2,29)15-16-26(19,3)23(20)13-14-27(21,22)4;1-17(6-5-7-24(28)29-4)21-10-11-22-20-9-8-18-16-19(27)12-14-25(18,2)23(20)13-15-26(21,22)3;1-8(2,3)4(5,6)7;1-2-4-5-3-1/h19-24,29-30H,5-18H2,1-4H3;18-23,29H,6-17H2,1-5H3;17-18,20-23H,5-16H2,1-4H3;1-3H3;1-4H2/t19-,20+,21+,22-,23+,24+,25+,26+,27-;18-,19+,20+,21-,22+,23+,25+,26+,27-;17-,18+,20+,21-,22+,23+,25+,26-;;/m111../s1. The molecule has 1 saturated heterocycles. The van der Waals surface area contributed by atoms with Gasteiger partial charge in [-0.15, -0.1) is 0 Å². The van der Waals surface area contributed by atoms with E-state index >= 15 is 0 Å². The van der Waals surface area contributed by atoms with Crippen molar-refractivity contribution in [3.8, 4) is 0 Å². The van der Waals surface area contributed by atoms with Crippen molar-refractivity contribution >= 4 is 25.8 Å². The average molecular weight is 1450 g/mol. The molecule has 3 N–H and O–H groups in total. The van der Waals surface area contributed by atoms with E-state index in [1.807, 2.05) is 0 Å². The normalized spacial score (nSPS) is 45.0. The summed E-state index contributed by atoms with van der Waals surface area (Å²) in [4.78, 5) is 35.1. The molecule has 0 amide bonds. The first-order valence-corrected chi connectivity index (χ1v) is 46.7. The van der Waals surface area contributed by atoms with Crippen LogP contribution in [0.1, 0.15) is 333 Å². The molecular formula is C89H153F3O9Si. The van der Waals surface area contributed by atoms with E-state index in [1.54, 1.807) is 0 Å². The van der Waals surface area contributed by atoms with Crippen LogP contribution in [0.25, 0.3) is 0 Å². The molecule has 13 saturated carbocycles. The maximum absolute atomic E-state index is 12.1. The van der Waals surface area contributed by atoms with Gasteiger partial charge in [0.1, 0.15) is 5.78 Å². The highest BCUT2D eigenvalue weighted by atomic mass is 28.3. The van der Waals surface area contributed by atoms with Crippen molar-refractivity contribution in [2.24, 2.45) is 139 Å². The molecule has 1 aliphatic heterocycles. The van der Waals surface area contributed by atoms with E-state index in [1.165, 1.54) is 188 Å². The van der Waals surface area contributed by atoms with Gasteiger partial charge < -0.3 is 29.5 Å². The predicted molar refractivity (Wildman–Crippen MR) is 409 cm³/mol. The second-order valence-electron chi connectivity index (χ2n) is 41.9. The lowest BCUT2D eigenvalue weighted by Gasteiger charge is -2.62. The third-order valence-electron chi connectivity index (χ3n) is 35.0. The Balaban J connectivity index is 0.000000151. The summed E-state index contributed by atoms with van der Waals surface area (Å²) in [5, 5.41) is 31.6. The molecule has 0 aromatic heterocycles. The molecule has 14 aliphatic rings. The van der Waals surface area contributed by atoms with E-state index in [2.05, 4.69) is 76.2 Å². The summed E-state index contributed by atoms with van der Waals surface area (Å²) in [6.07, 6.45) is 48.1. The van der Waals surface area contributed by atoms with Crippen LogP contribution in [-0.4, -0.2) is 91.2 Å². The van der Waals surface area contributed by atoms with Gasteiger partial charge in [0.25, 0.3) is 0 Å². The largest absolute Gasteiger partial charge is 0.469 e. The molecule has 0 bridgehead atoms. The molecule has 0 radical (unpaired) electrons. The Hall–Kier alpha value is -1.54. The van der Waals surface area contributed by atoms with Crippen LogP contribution < -0.4 is 0 Å². The Morgan fingerprint density at radius 3 is 1.15 bits per heavy atom. The van der Waals surface area contributed by atoms with Gasteiger partial charge in [-0.05, 0) is 371 Å². The van der Waals surface area contributed by atoms with Gasteiger partial charge in [0.2, 0.25) is 0 Å². The smallest absolute Gasteiger partial charge is 0.360 e. The minimum atomic E-state index is -3.92. The van der Waals surface area contributed by atoms with Crippen molar-refractivity contribution in [2.75, 3.05) is 27.4 Å². The van der Waals surface area contributed by atoms with E-state index < -0.39 is 25.1 Å². The van der Waals surface area contributed by atoms with Crippen LogP contribution in [0.4, 0.5) is 13.2 Å². The van der Waals surface area contributed by atoms with E-state index in [0.29, 0.717) is 68.9 Å². The van der Waals surface area contributed by atoms with E-state index in [-0.39, 0.29) is 17.5 Å². The van der Waals surface area contributed by atoms with Crippen LogP contribution in [0.5, 0.6) is 0 Å². The Labute approximate surface area is 621 Å². The molecule has 102 heavy (non-hydrogen) atoms. The van der Waals surface area contributed by atoms with Gasteiger partial charge in [-0.3, -0.25) is 14.4 Å². The fourth-order valence-electron chi connectivity index (χ4n) is 28.4. The van der Waals surface area contributed by atoms with Gasteiger partial charge >= 0.3 is 17.7 Å². The number of alkyl halides is 3. The zero-order valence-electron chi connectivity index (χ0n) is 68.0. The van der Waals surface area contributed by atoms with Gasteiger partial charge in [-0.2, -0.15) is 13.2 Å². The lowest BCUT2D eigenvalue weighted by Crippen LogP contribution is -2.55. The number of esters is 2. The summed E-state index contributed by atoms with van der Waals surface area (Å²) < 4.78 is 49.5. The third-order valence-corrected chi connectivity index (χ3v) is 36.7. The minimum absolute atomic E-state index is 0.0605. The minimum Gasteiger partial charge on any atom is -0.469 e. The first-order valence-electron chi connectivity index (χ1n) is 43.2. The van der Waals surface area contributed by atoms with E-state index in [4.69, 9.17) is 14.2 Å². The maximum atomic E-state index is 12.1. The number of halogens is 3. The highest BCUT2D eigenvalue weighted by Gasteiger charge is 2.65. The van der Waals surface area contributed by atoms with Gasteiger partial charge in [0.15, 0.2) is 8.07 Å². The van der Waals surface area contributed by atoms with Crippen molar-refractivity contribution in [3.05, 3.63) is 0 Å². The number of hydrogen-bond donors (Lipinski definition) is 3. The number of hydrogen-bond acceptors (Lipinski definition) is 9. The fraction of sp³-hybridized carbons (Fsp3) is 0.966. The SMILES string of the molecule is C1CCOC1.COC(=O)CCC[C@@H](C)[C@H]1CC[C@H]2[C@@H]3CC[C@H]4CC(=O)CC[C@]4(C)[C@H]3CC[C@]12C.COC(=O)CCC[C@@H](C)[C@H]1CC[C@H]2[C@@H]3CC[C@H]4C[C@@](C)(O)CC[C@]4(C)[C@H]3CC[C@]12C.C[C@H](CCCC1(O)CC1)[C@H]1CC[C@H]2[C@@H]3CC[C@H]4C[C@@](C)(O)CC[C@]4(C)[C@H]3CC[C@]12C.C[Si](C)(C)C(F)(F)F. The number of Topliss-reactive ketones (excluding diaryl/α,β-unsaturated/α-hetero) is 1. The molecule has 14 fully saturated rings. The number of ether oxygens (including phenoxy) is 3. The summed E-state index contributed by atoms with van der Waals surface area (Å²) in [5.74, 6) is 11.4. The predicted octanol–water partition coefficient (Wildman–Crippen LogP) is 22.5. The second-order valence-corrected chi connectivity index (χ2v) is 46.9. The first kappa shape index (κ1) is 82.9. The molecule has 9 nitrogen and oxygen atoms in total. The third kappa shape index (κ3) is 17.6. The molecule has 0 unspecified atom stereocenters. The zero-order chi connectivity index (χ0) is 74.4. The van der Waals surface area contributed by atoms with Gasteiger partial charge in [0, 0.05) is 38.9 Å². The van der Waals surface area contributed by atoms with Gasteiger partial charge in [0.05, 0.1) is 31.0 Å². The average Bonchev–Trinajstić information content (AvgIpc) is 1.37. The van der Waals surface area contributed by atoms with Gasteiger partial charge in [-0.25, -0.2) is 0 Å². The molecule has 588 valence electrons. The molecule has 14 rings (SSSR count). The van der Waals surface area contributed by atoms with Crippen LogP contribution >= 0.6 is 0 Å². The lowest BCUT2D eigenvalue weighted by molar-refractivity contribution is -0.148.